The Morgan fingerprint density at radius 1 is 1.25 bits per heavy atom. The lowest BCUT2D eigenvalue weighted by Gasteiger charge is -2.33. The fourth-order valence-electron chi connectivity index (χ4n) is 4.53. The number of pyridine rings is 1. The zero-order chi connectivity index (χ0) is 29.0. The second-order valence-electron chi connectivity index (χ2n) is 9.43. The van der Waals surface area contributed by atoms with Gasteiger partial charge in [0.1, 0.15) is 23.4 Å². The van der Waals surface area contributed by atoms with Gasteiger partial charge in [0.05, 0.1) is 43.2 Å². The van der Waals surface area contributed by atoms with Gasteiger partial charge in [-0.1, -0.05) is 5.92 Å². The number of imidazole rings is 1. The van der Waals surface area contributed by atoms with Crippen molar-refractivity contribution in [1.82, 2.24) is 19.6 Å². The monoisotopic (exact) mass is 564 g/mol. The largest absolute Gasteiger partial charge is 0.495 e. The number of likely N-dealkylation sites (tertiary alicyclic amines) is 1. The highest BCUT2D eigenvalue weighted by Gasteiger charge is 2.33. The van der Waals surface area contributed by atoms with Crippen molar-refractivity contribution in [2.24, 2.45) is 0 Å². The number of methoxy groups -OCH3 is 1. The topological polar surface area (TPSA) is 82.9 Å². The minimum atomic E-state index is -4.61. The number of carbonyl (C=O) groups excluding carboxylic acids is 1. The van der Waals surface area contributed by atoms with Crippen molar-refractivity contribution in [3.8, 4) is 17.6 Å². The fraction of sp³-hybridized carbons (Fsp3) is 0.407. The Hall–Kier alpha value is -4.05. The molecule has 0 saturated carbocycles. The summed E-state index contributed by atoms with van der Waals surface area (Å²) in [5.74, 6) is 4.68. The number of ether oxygens (including phenoxy) is 1. The number of piperidine rings is 1. The molecule has 2 aromatic heterocycles. The molecule has 3 heterocycles. The second kappa shape index (κ2) is 12.0. The van der Waals surface area contributed by atoms with E-state index >= 15 is 0 Å². The first-order valence-corrected chi connectivity index (χ1v) is 12.5. The van der Waals surface area contributed by atoms with Gasteiger partial charge in [0.2, 0.25) is 0 Å². The minimum absolute atomic E-state index is 0.00754. The zero-order valence-electron chi connectivity index (χ0n) is 22.1. The number of amides is 1. The number of nitrogens with zero attached hydrogens (tertiary/aromatic N) is 3. The molecule has 1 aliphatic heterocycles. The molecule has 1 saturated heterocycles. The van der Waals surface area contributed by atoms with Gasteiger partial charge in [0, 0.05) is 38.0 Å². The molecule has 214 valence electrons. The second-order valence-corrected chi connectivity index (χ2v) is 9.43. The van der Waals surface area contributed by atoms with Crippen LogP contribution in [0.2, 0.25) is 0 Å². The SMILES string of the molecule is CNC(=O)c1ccc(NCC#Cc2nc3c(N[C@@H]4CCN(C)C[C@@H]4F)cc(F)cn3c2CC(F)(F)F)c(OC)c1. The maximum absolute atomic E-state index is 14.6. The number of fused-ring (bicyclic) bond motifs is 1. The summed E-state index contributed by atoms with van der Waals surface area (Å²) in [6, 6.07) is 5.18. The molecule has 40 heavy (non-hydrogen) atoms. The summed E-state index contributed by atoms with van der Waals surface area (Å²) in [6.07, 6.45) is -5.90. The van der Waals surface area contributed by atoms with E-state index in [0.717, 1.165) is 16.7 Å². The highest BCUT2D eigenvalue weighted by Crippen LogP contribution is 2.29. The van der Waals surface area contributed by atoms with Gasteiger partial charge in [-0.15, -0.1) is 0 Å². The van der Waals surface area contributed by atoms with E-state index in [1.807, 2.05) is 4.90 Å². The smallest absolute Gasteiger partial charge is 0.394 e. The number of alkyl halides is 4. The maximum Gasteiger partial charge on any atom is 0.394 e. The molecule has 3 N–H and O–H groups in total. The van der Waals surface area contributed by atoms with Crippen molar-refractivity contribution < 1.29 is 31.5 Å². The van der Waals surface area contributed by atoms with Crippen LogP contribution in [0, 0.1) is 17.7 Å². The summed E-state index contributed by atoms with van der Waals surface area (Å²) in [5.41, 5.74) is 0.513. The molecule has 0 bridgehead atoms. The predicted molar refractivity (Wildman–Crippen MR) is 141 cm³/mol. The first-order chi connectivity index (χ1) is 19.0. The van der Waals surface area contributed by atoms with Crippen molar-refractivity contribution in [2.45, 2.75) is 31.2 Å². The van der Waals surface area contributed by atoms with E-state index < -0.39 is 30.6 Å². The summed E-state index contributed by atoms with van der Waals surface area (Å²) in [7, 11) is 4.72. The Bertz CT molecular complexity index is 1450. The molecule has 1 amide bonds. The van der Waals surface area contributed by atoms with E-state index in [0.29, 0.717) is 30.0 Å². The molecular weight excluding hydrogens is 535 g/mol. The number of halogens is 5. The molecule has 4 rings (SSSR count). The summed E-state index contributed by atoms with van der Waals surface area (Å²) in [5, 5.41) is 8.46. The number of carbonyl (C=O) groups is 1. The van der Waals surface area contributed by atoms with Crippen LogP contribution in [0.3, 0.4) is 0 Å². The lowest BCUT2D eigenvalue weighted by molar-refractivity contribution is -0.128. The molecular formula is C27H29F5N6O2. The number of aromatic nitrogens is 2. The predicted octanol–water partition coefficient (Wildman–Crippen LogP) is 3.86. The van der Waals surface area contributed by atoms with Crippen LogP contribution in [0.15, 0.2) is 30.5 Å². The van der Waals surface area contributed by atoms with Crippen molar-refractivity contribution in [3.05, 3.63) is 53.2 Å². The zero-order valence-corrected chi connectivity index (χ0v) is 22.1. The fourth-order valence-corrected chi connectivity index (χ4v) is 4.53. The molecule has 0 spiro atoms. The maximum atomic E-state index is 14.6. The molecule has 1 fully saturated rings. The average Bonchev–Trinajstić information content (AvgIpc) is 3.23. The van der Waals surface area contributed by atoms with E-state index in [4.69, 9.17) is 4.74 Å². The molecule has 8 nitrogen and oxygen atoms in total. The molecule has 2 atom stereocenters. The van der Waals surface area contributed by atoms with Gasteiger partial charge in [-0.05, 0) is 37.6 Å². The van der Waals surface area contributed by atoms with Crippen LogP contribution in [0.25, 0.3) is 5.65 Å². The number of anilines is 2. The average molecular weight is 565 g/mol. The number of hydrogen-bond donors (Lipinski definition) is 3. The molecule has 0 unspecified atom stereocenters. The van der Waals surface area contributed by atoms with Gasteiger partial charge in [-0.3, -0.25) is 9.20 Å². The standard InChI is InChI=1S/C27H29F5N6O2/c1-33-26(39)16-6-7-21(24(11-16)40-3)34-9-4-5-20-23(13-27(30,31)32)38-14-17(28)12-22(25(38)36-20)35-19-8-10-37(2)15-18(19)29/h6-7,11-12,14,18-19,34-35H,8-10,13,15H2,1-3H3,(H,33,39)/t18-,19+/m0/s1. The molecule has 3 aromatic rings. The molecule has 13 heteroatoms. The van der Waals surface area contributed by atoms with Crippen LogP contribution < -0.4 is 20.7 Å². The van der Waals surface area contributed by atoms with Gasteiger partial charge >= 0.3 is 6.18 Å². The molecule has 0 radical (unpaired) electrons. The number of hydrogen-bond acceptors (Lipinski definition) is 6. The third-order valence-electron chi connectivity index (χ3n) is 6.50. The van der Waals surface area contributed by atoms with E-state index in [-0.39, 0.29) is 41.7 Å². The van der Waals surface area contributed by atoms with Crippen LogP contribution in [0.1, 0.15) is 28.2 Å². The van der Waals surface area contributed by atoms with Gasteiger partial charge < -0.3 is 25.6 Å². The lowest BCUT2D eigenvalue weighted by Crippen LogP contribution is -2.46. The quantitative estimate of drug-likeness (QED) is 0.299. The summed E-state index contributed by atoms with van der Waals surface area (Å²) in [6.45, 7) is 0.800. The lowest BCUT2D eigenvalue weighted by atomic mass is 10.0. The van der Waals surface area contributed by atoms with Crippen LogP contribution in [0.5, 0.6) is 5.75 Å². The van der Waals surface area contributed by atoms with Gasteiger partial charge in [0.15, 0.2) is 5.65 Å². The first kappa shape index (κ1) is 28.9. The Morgan fingerprint density at radius 2 is 2.02 bits per heavy atom. The van der Waals surface area contributed by atoms with Crippen molar-refractivity contribution in [3.63, 3.8) is 0 Å². The van der Waals surface area contributed by atoms with E-state index in [9.17, 15) is 26.7 Å². The number of nitrogens with one attached hydrogen (secondary N) is 3. The Labute approximate surface area is 227 Å². The molecule has 0 aliphatic carbocycles. The Balaban J connectivity index is 1.63. The van der Waals surface area contributed by atoms with Gasteiger partial charge in [0.25, 0.3) is 5.91 Å². The van der Waals surface area contributed by atoms with Crippen LogP contribution in [0.4, 0.5) is 33.3 Å². The summed E-state index contributed by atoms with van der Waals surface area (Å²) < 4.78 is 76.0. The highest BCUT2D eigenvalue weighted by atomic mass is 19.4. The Kier molecular flexibility index (Phi) is 8.68. The summed E-state index contributed by atoms with van der Waals surface area (Å²) in [4.78, 5) is 18.0. The normalized spacial score (nSPS) is 17.7. The Morgan fingerprint density at radius 3 is 2.70 bits per heavy atom. The number of rotatable bonds is 7. The van der Waals surface area contributed by atoms with Gasteiger partial charge in [-0.2, -0.15) is 13.2 Å². The third kappa shape index (κ3) is 6.74. The minimum Gasteiger partial charge on any atom is -0.495 e. The van der Waals surface area contributed by atoms with E-state index in [1.165, 1.54) is 20.2 Å². The van der Waals surface area contributed by atoms with Crippen LogP contribution in [-0.4, -0.2) is 79.4 Å². The molecule has 1 aromatic carbocycles. The first-order valence-electron chi connectivity index (χ1n) is 12.5. The van der Waals surface area contributed by atoms with Crippen LogP contribution in [-0.2, 0) is 6.42 Å². The van der Waals surface area contributed by atoms with Crippen molar-refractivity contribution >= 4 is 22.9 Å². The van der Waals surface area contributed by atoms with Crippen LogP contribution >= 0.6 is 0 Å². The van der Waals surface area contributed by atoms with Crippen molar-refractivity contribution in [1.29, 1.82) is 0 Å². The van der Waals surface area contributed by atoms with E-state index in [1.54, 1.807) is 19.2 Å². The number of benzene rings is 1. The molecule has 1 aliphatic rings. The highest BCUT2D eigenvalue weighted by molar-refractivity contribution is 5.95. The summed E-state index contributed by atoms with van der Waals surface area (Å²) >= 11 is 0. The van der Waals surface area contributed by atoms with E-state index in [2.05, 4.69) is 32.8 Å². The van der Waals surface area contributed by atoms with Gasteiger partial charge in [-0.25, -0.2) is 13.8 Å². The van der Waals surface area contributed by atoms with Crippen molar-refractivity contribution in [2.75, 3.05) is 51.5 Å². The third-order valence-corrected chi connectivity index (χ3v) is 6.50.